The Morgan fingerprint density at radius 1 is 1.21 bits per heavy atom. The van der Waals surface area contributed by atoms with E-state index >= 15 is 0 Å². The van der Waals surface area contributed by atoms with Gasteiger partial charge in [0, 0.05) is 29.5 Å². The molecule has 4 nitrogen and oxygen atoms in total. The van der Waals surface area contributed by atoms with Crippen molar-refractivity contribution in [1.82, 2.24) is 19.6 Å². The number of fused-ring (bicyclic) bond motifs is 3. The van der Waals surface area contributed by atoms with Crippen molar-refractivity contribution in [3.63, 3.8) is 0 Å². The van der Waals surface area contributed by atoms with Crippen molar-refractivity contribution in [2.24, 2.45) is 0 Å². The molecule has 0 unspecified atom stereocenters. The molecule has 0 N–H and O–H groups in total. The molecule has 19 heavy (non-hydrogen) atoms. The SMILES string of the molecule is Cc1nccc2c1cnc1cc(-c3cccs3)nn12. The quantitative estimate of drug-likeness (QED) is 0.531. The van der Waals surface area contributed by atoms with Crippen LogP contribution in [0.2, 0.25) is 0 Å². The lowest BCUT2D eigenvalue weighted by atomic mass is 10.2. The second kappa shape index (κ2) is 3.86. The summed E-state index contributed by atoms with van der Waals surface area (Å²) in [6, 6.07) is 8.09. The molecule has 0 saturated heterocycles. The summed E-state index contributed by atoms with van der Waals surface area (Å²) in [5, 5.41) is 7.75. The Morgan fingerprint density at radius 2 is 2.16 bits per heavy atom. The molecular formula is C14H10N4S. The van der Waals surface area contributed by atoms with Gasteiger partial charge >= 0.3 is 0 Å². The lowest BCUT2D eigenvalue weighted by molar-refractivity contribution is 0.984. The van der Waals surface area contributed by atoms with Crippen molar-refractivity contribution < 1.29 is 0 Å². The zero-order valence-corrected chi connectivity index (χ0v) is 11.1. The van der Waals surface area contributed by atoms with Crippen LogP contribution >= 0.6 is 11.3 Å². The normalized spacial score (nSPS) is 11.4. The zero-order chi connectivity index (χ0) is 12.8. The summed E-state index contributed by atoms with van der Waals surface area (Å²) < 4.78 is 1.89. The van der Waals surface area contributed by atoms with Crippen molar-refractivity contribution in [3.8, 4) is 10.6 Å². The van der Waals surface area contributed by atoms with Gasteiger partial charge in [0.15, 0.2) is 5.65 Å². The molecule has 5 heteroatoms. The van der Waals surface area contributed by atoms with Gasteiger partial charge in [-0.2, -0.15) is 5.10 Å². The first kappa shape index (κ1) is 10.6. The minimum Gasteiger partial charge on any atom is -0.261 e. The van der Waals surface area contributed by atoms with Gasteiger partial charge in [0.25, 0.3) is 0 Å². The van der Waals surface area contributed by atoms with Crippen molar-refractivity contribution in [2.75, 3.05) is 0 Å². The summed E-state index contributed by atoms with van der Waals surface area (Å²) in [7, 11) is 0. The summed E-state index contributed by atoms with van der Waals surface area (Å²) in [5.41, 5.74) is 3.84. The summed E-state index contributed by atoms with van der Waals surface area (Å²) in [6.45, 7) is 1.99. The van der Waals surface area contributed by atoms with E-state index < -0.39 is 0 Å². The molecule has 0 aromatic carbocycles. The molecule has 0 aliphatic carbocycles. The van der Waals surface area contributed by atoms with Crippen LogP contribution in [-0.2, 0) is 0 Å². The summed E-state index contributed by atoms with van der Waals surface area (Å²) in [6.07, 6.45) is 3.68. The van der Waals surface area contributed by atoms with Gasteiger partial charge in [0.1, 0.15) is 5.69 Å². The van der Waals surface area contributed by atoms with Gasteiger partial charge in [0.2, 0.25) is 0 Å². The Balaban J connectivity index is 2.09. The maximum atomic E-state index is 4.66. The van der Waals surface area contributed by atoms with Crippen molar-refractivity contribution in [1.29, 1.82) is 0 Å². The molecular weight excluding hydrogens is 256 g/mol. The second-order valence-corrected chi connectivity index (χ2v) is 5.31. The topological polar surface area (TPSA) is 43.1 Å². The van der Waals surface area contributed by atoms with Crippen LogP contribution in [0.15, 0.2) is 42.0 Å². The molecule has 4 aromatic heterocycles. The highest BCUT2D eigenvalue weighted by molar-refractivity contribution is 7.13. The van der Waals surface area contributed by atoms with E-state index in [0.29, 0.717) is 0 Å². The third-order valence-corrected chi connectivity index (χ3v) is 4.08. The maximum absolute atomic E-state index is 4.66. The van der Waals surface area contributed by atoms with E-state index in [2.05, 4.69) is 26.5 Å². The van der Waals surface area contributed by atoms with Gasteiger partial charge in [0.05, 0.1) is 10.4 Å². The molecule has 0 bridgehead atoms. The molecule has 4 rings (SSSR count). The highest BCUT2D eigenvalue weighted by Crippen LogP contribution is 2.25. The van der Waals surface area contributed by atoms with E-state index in [1.807, 2.05) is 42.0 Å². The molecule has 4 aromatic rings. The second-order valence-electron chi connectivity index (χ2n) is 4.36. The van der Waals surface area contributed by atoms with E-state index in [9.17, 15) is 0 Å². The Bertz CT molecular complexity index is 877. The third kappa shape index (κ3) is 1.55. The number of nitrogens with zero attached hydrogens (tertiary/aromatic N) is 4. The van der Waals surface area contributed by atoms with Gasteiger partial charge < -0.3 is 0 Å². The van der Waals surface area contributed by atoms with Crippen molar-refractivity contribution in [3.05, 3.63) is 47.7 Å². The van der Waals surface area contributed by atoms with Crippen LogP contribution in [0.4, 0.5) is 0 Å². The Kier molecular flexibility index (Phi) is 2.16. The predicted molar refractivity (Wildman–Crippen MR) is 76.3 cm³/mol. The van der Waals surface area contributed by atoms with E-state index in [0.717, 1.165) is 32.8 Å². The first-order valence-electron chi connectivity index (χ1n) is 5.97. The highest BCUT2D eigenvalue weighted by Gasteiger charge is 2.09. The fourth-order valence-corrected chi connectivity index (χ4v) is 2.91. The number of pyridine rings is 1. The number of hydrogen-bond acceptors (Lipinski definition) is 4. The van der Waals surface area contributed by atoms with Crippen LogP contribution in [0.25, 0.3) is 27.1 Å². The standard InChI is InChI=1S/C14H10N4S/c1-9-10-8-16-14-7-11(13-3-2-6-19-13)17-18(14)12(10)4-5-15-9/h2-8H,1H3. The molecule has 4 heterocycles. The average Bonchev–Trinajstić information content (AvgIpc) is 3.08. The van der Waals surface area contributed by atoms with Crippen LogP contribution < -0.4 is 0 Å². The van der Waals surface area contributed by atoms with Gasteiger partial charge in [-0.25, -0.2) is 9.50 Å². The van der Waals surface area contributed by atoms with E-state index in [1.165, 1.54) is 0 Å². The fraction of sp³-hybridized carbons (Fsp3) is 0.0714. The monoisotopic (exact) mass is 266 g/mol. The number of rotatable bonds is 1. The van der Waals surface area contributed by atoms with Crippen molar-refractivity contribution >= 4 is 27.9 Å². The van der Waals surface area contributed by atoms with E-state index in [-0.39, 0.29) is 0 Å². The Hall–Kier alpha value is -2.27. The lowest BCUT2D eigenvalue weighted by Crippen LogP contribution is -1.95. The number of aromatic nitrogens is 4. The molecule has 0 aliphatic heterocycles. The predicted octanol–water partition coefficient (Wildman–Crippen LogP) is 3.31. The first-order valence-corrected chi connectivity index (χ1v) is 6.85. The summed E-state index contributed by atoms with van der Waals surface area (Å²) in [4.78, 5) is 9.91. The summed E-state index contributed by atoms with van der Waals surface area (Å²) >= 11 is 1.68. The van der Waals surface area contributed by atoms with Crippen molar-refractivity contribution in [2.45, 2.75) is 6.92 Å². The number of aryl methyl sites for hydroxylation is 1. The Labute approximate surface area is 113 Å². The molecule has 0 amide bonds. The third-order valence-electron chi connectivity index (χ3n) is 3.18. The maximum Gasteiger partial charge on any atom is 0.156 e. The van der Waals surface area contributed by atoms with Gasteiger partial charge in [-0.3, -0.25) is 4.98 Å². The highest BCUT2D eigenvalue weighted by atomic mass is 32.1. The molecule has 0 aliphatic rings. The molecule has 0 atom stereocenters. The molecule has 0 fully saturated rings. The first-order chi connectivity index (χ1) is 9.33. The average molecular weight is 266 g/mol. The largest absolute Gasteiger partial charge is 0.261 e. The van der Waals surface area contributed by atoms with Crippen LogP contribution in [0.5, 0.6) is 0 Å². The minimum absolute atomic E-state index is 0.862. The summed E-state index contributed by atoms with van der Waals surface area (Å²) in [5.74, 6) is 0. The van der Waals surface area contributed by atoms with E-state index in [4.69, 9.17) is 0 Å². The minimum atomic E-state index is 0.862. The lowest BCUT2D eigenvalue weighted by Gasteiger charge is -2.02. The van der Waals surface area contributed by atoms with Crippen LogP contribution in [-0.4, -0.2) is 19.6 Å². The smallest absolute Gasteiger partial charge is 0.156 e. The molecule has 0 radical (unpaired) electrons. The van der Waals surface area contributed by atoms with Gasteiger partial charge in [-0.05, 0) is 24.4 Å². The molecule has 0 saturated carbocycles. The fourth-order valence-electron chi connectivity index (χ4n) is 2.22. The number of hydrogen-bond donors (Lipinski definition) is 0. The van der Waals surface area contributed by atoms with Crippen LogP contribution in [0, 0.1) is 6.92 Å². The molecule has 92 valence electrons. The van der Waals surface area contributed by atoms with E-state index in [1.54, 1.807) is 11.3 Å². The number of thiophene rings is 1. The van der Waals surface area contributed by atoms with Crippen LogP contribution in [0.3, 0.4) is 0 Å². The van der Waals surface area contributed by atoms with Crippen LogP contribution in [0.1, 0.15) is 5.69 Å². The van der Waals surface area contributed by atoms with Gasteiger partial charge in [-0.1, -0.05) is 6.07 Å². The van der Waals surface area contributed by atoms with Gasteiger partial charge in [-0.15, -0.1) is 11.3 Å². The Morgan fingerprint density at radius 3 is 3.00 bits per heavy atom. The zero-order valence-electron chi connectivity index (χ0n) is 10.2. The molecule has 0 spiro atoms.